The van der Waals surface area contributed by atoms with E-state index in [9.17, 15) is 0 Å². The van der Waals surface area contributed by atoms with E-state index < -0.39 is 0 Å². The zero-order chi connectivity index (χ0) is 12.7. The van der Waals surface area contributed by atoms with Crippen molar-refractivity contribution in [1.82, 2.24) is 14.9 Å². The average Bonchev–Trinajstić information content (AvgIpc) is 2.78. The van der Waals surface area contributed by atoms with Gasteiger partial charge in [-0.05, 0) is 19.4 Å². The molecule has 3 heteroatoms. The van der Waals surface area contributed by atoms with E-state index in [-0.39, 0.29) is 0 Å². The Morgan fingerprint density at radius 3 is 2.47 bits per heavy atom. The molecule has 0 aliphatic carbocycles. The van der Waals surface area contributed by atoms with Gasteiger partial charge in [-0.15, -0.1) is 0 Å². The van der Waals surface area contributed by atoms with Crippen LogP contribution in [0.25, 0.3) is 0 Å². The third-order valence-electron chi connectivity index (χ3n) is 3.63. The number of aromatic nitrogens is 2. The summed E-state index contributed by atoms with van der Waals surface area (Å²) in [5.74, 6) is 1.96. The van der Waals surface area contributed by atoms with Gasteiger partial charge in [0.25, 0.3) is 0 Å². The molecule has 0 aromatic carbocycles. The van der Waals surface area contributed by atoms with Crippen LogP contribution in [0.5, 0.6) is 0 Å². The molecule has 1 atom stereocenters. The lowest BCUT2D eigenvalue weighted by Gasteiger charge is -2.26. The summed E-state index contributed by atoms with van der Waals surface area (Å²) in [4.78, 5) is 4.48. The molecule has 1 N–H and O–H groups in total. The van der Waals surface area contributed by atoms with E-state index >= 15 is 0 Å². The second kappa shape index (κ2) is 7.49. The molecular weight excluding hydrogens is 210 g/mol. The summed E-state index contributed by atoms with van der Waals surface area (Å²) < 4.78 is 2.24. The smallest absolute Gasteiger partial charge is 0.110 e. The van der Waals surface area contributed by atoms with E-state index in [2.05, 4.69) is 48.8 Å². The second-order valence-corrected chi connectivity index (χ2v) is 4.57. The molecular formula is C14H27N3. The topological polar surface area (TPSA) is 29.9 Å². The molecule has 0 saturated carbocycles. The zero-order valence-corrected chi connectivity index (χ0v) is 11.7. The average molecular weight is 237 g/mol. The summed E-state index contributed by atoms with van der Waals surface area (Å²) in [6, 6.07) is 0.558. The molecule has 1 aromatic heterocycles. The fourth-order valence-corrected chi connectivity index (χ4v) is 2.54. The largest absolute Gasteiger partial charge is 0.335 e. The third-order valence-corrected chi connectivity index (χ3v) is 3.63. The van der Waals surface area contributed by atoms with Gasteiger partial charge in [0.05, 0.1) is 0 Å². The van der Waals surface area contributed by atoms with E-state index in [0.29, 0.717) is 6.04 Å². The van der Waals surface area contributed by atoms with Crippen LogP contribution in [-0.4, -0.2) is 22.1 Å². The van der Waals surface area contributed by atoms with Gasteiger partial charge in [-0.2, -0.15) is 0 Å². The molecule has 0 fully saturated rings. The Kier molecular flexibility index (Phi) is 6.27. The molecule has 0 saturated heterocycles. The fourth-order valence-electron chi connectivity index (χ4n) is 2.54. The van der Waals surface area contributed by atoms with Crippen LogP contribution in [0.1, 0.15) is 46.4 Å². The number of nitrogens with one attached hydrogen (secondary N) is 1. The van der Waals surface area contributed by atoms with Crippen molar-refractivity contribution in [3.05, 3.63) is 18.2 Å². The third kappa shape index (κ3) is 3.84. The Bertz CT molecular complexity index is 302. The van der Waals surface area contributed by atoms with Gasteiger partial charge in [0.1, 0.15) is 5.82 Å². The summed E-state index contributed by atoms with van der Waals surface area (Å²) >= 11 is 0. The van der Waals surface area contributed by atoms with Crippen LogP contribution >= 0.6 is 0 Å². The van der Waals surface area contributed by atoms with Crippen LogP contribution < -0.4 is 5.32 Å². The molecule has 3 nitrogen and oxygen atoms in total. The van der Waals surface area contributed by atoms with Gasteiger partial charge in [-0.1, -0.05) is 33.6 Å². The van der Waals surface area contributed by atoms with E-state index in [1.807, 2.05) is 6.20 Å². The first-order valence-electron chi connectivity index (χ1n) is 7.00. The Balaban J connectivity index is 2.71. The lowest BCUT2D eigenvalue weighted by molar-refractivity contribution is 0.330. The van der Waals surface area contributed by atoms with E-state index in [4.69, 9.17) is 0 Å². The molecule has 98 valence electrons. The molecule has 0 bridgehead atoms. The van der Waals surface area contributed by atoms with Crippen molar-refractivity contribution in [2.75, 3.05) is 6.54 Å². The quantitative estimate of drug-likeness (QED) is 0.753. The zero-order valence-electron chi connectivity index (χ0n) is 11.7. The molecule has 0 radical (unpaired) electrons. The van der Waals surface area contributed by atoms with Crippen molar-refractivity contribution in [2.24, 2.45) is 5.92 Å². The Hall–Kier alpha value is -0.830. The number of hydrogen-bond acceptors (Lipinski definition) is 2. The van der Waals surface area contributed by atoms with E-state index in [1.54, 1.807) is 0 Å². The second-order valence-electron chi connectivity index (χ2n) is 4.57. The number of hydrogen-bond donors (Lipinski definition) is 1. The maximum Gasteiger partial charge on any atom is 0.110 e. The van der Waals surface area contributed by atoms with Gasteiger partial charge in [0, 0.05) is 31.4 Å². The molecule has 0 spiro atoms. The molecule has 1 aromatic rings. The summed E-state index contributed by atoms with van der Waals surface area (Å²) in [5.41, 5.74) is 0. The molecule has 1 heterocycles. The molecule has 0 amide bonds. The maximum atomic E-state index is 4.48. The van der Waals surface area contributed by atoms with Crippen molar-refractivity contribution >= 4 is 0 Å². The van der Waals surface area contributed by atoms with Gasteiger partial charge >= 0.3 is 0 Å². The summed E-state index contributed by atoms with van der Waals surface area (Å²) in [6.07, 6.45) is 7.50. The van der Waals surface area contributed by atoms with Gasteiger partial charge in [0.15, 0.2) is 0 Å². The minimum absolute atomic E-state index is 0.558. The standard InChI is InChI=1S/C14H27N3/c1-5-12(6-2)13(15-7-3)11-14-16-9-10-17(14)8-4/h9-10,12-13,15H,5-8,11H2,1-4H3. The van der Waals surface area contributed by atoms with E-state index in [0.717, 1.165) is 25.4 Å². The first kappa shape index (κ1) is 14.2. The van der Waals surface area contributed by atoms with Crippen molar-refractivity contribution in [2.45, 2.75) is 59.5 Å². The summed E-state index contributed by atoms with van der Waals surface area (Å²) in [7, 11) is 0. The van der Waals surface area contributed by atoms with Crippen LogP contribution in [0, 0.1) is 5.92 Å². The van der Waals surface area contributed by atoms with Crippen LogP contribution in [0.15, 0.2) is 12.4 Å². The molecule has 1 rings (SSSR count). The number of imidazole rings is 1. The molecule has 0 aliphatic rings. The van der Waals surface area contributed by atoms with Crippen molar-refractivity contribution in [3.63, 3.8) is 0 Å². The Morgan fingerprint density at radius 2 is 1.94 bits per heavy atom. The lowest BCUT2D eigenvalue weighted by atomic mass is 9.91. The summed E-state index contributed by atoms with van der Waals surface area (Å²) in [6.45, 7) is 11.0. The normalized spacial score (nSPS) is 13.2. The van der Waals surface area contributed by atoms with Crippen LogP contribution in [0.4, 0.5) is 0 Å². The molecule has 0 aliphatic heterocycles. The van der Waals surface area contributed by atoms with Crippen molar-refractivity contribution in [1.29, 1.82) is 0 Å². The van der Waals surface area contributed by atoms with Crippen molar-refractivity contribution < 1.29 is 0 Å². The maximum absolute atomic E-state index is 4.48. The first-order chi connectivity index (χ1) is 8.26. The lowest BCUT2D eigenvalue weighted by Crippen LogP contribution is -2.38. The molecule has 17 heavy (non-hydrogen) atoms. The Labute approximate surface area is 106 Å². The monoisotopic (exact) mass is 237 g/mol. The predicted molar refractivity (Wildman–Crippen MR) is 73.1 cm³/mol. The van der Waals surface area contributed by atoms with Gasteiger partial charge in [-0.25, -0.2) is 4.98 Å². The van der Waals surface area contributed by atoms with Crippen LogP contribution in [-0.2, 0) is 13.0 Å². The number of aryl methyl sites for hydroxylation is 1. The highest BCUT2D eigenvalue weighted by Gasteiger charge is 2.19. The van der Waals surface area contributed by atoms with Crippen molar-refractivity contribution in [3.8, 4) is 0 Å². The highest BCUT2D eigenvalue weighted by atomic mass is 15.1. The molecule has 1 unspecified atom stereocenters. The minimum atomic E-state index is 0.558. The highest BCUT2D eigenvalue weighted by Crippen LogP contribution is 2.17. The first-order valence-corrected chi connectivity index (χ1v) is 7.00. The fraction of sp³-hybridized carbons (Fsp3) is 0.786. The van der Waals surface area contributed by atoms with Gasteiger partial charge in [0.2, 0.25) is 0 Å². The SMILES string of the molecule is CCNC(Cc1nccn1CC)C(CC)CC. The van der Waals surface area contributed by atoms with Crippen LogP contribution in [0.3, 0.4) is 0 Å². The van der Waals surface area contributed by atoms with Gasteiger partial charge in [-0.3, -0.25) is 0 Å². The number of nitrogens with zero attached hydrogens (tertiary/aromatic N) is 2. The number of rotatable bonds is 8. The minimum Gasteiger partial charge on any atom is -0.335 e. The predicted octanol–water partition coefficient (Wildman–Crippen LogP) is 2.86. The van der Waals surface area contributed by atoms with E-state index in [1.165, 1.54) is 18.7 Å². The Morgan fingerprint density at radius 1 is 1.24 bits per heavy atom. The number of likely N-dealkylation sites (N-methyl/N-ethyl adjacent to an activating group) is 1. The van der Waals surface area contributed by atoms with Crippen LogP contribution in [0.2, 0.25) is 0 Å². The van der Waals surface area contributed by atoms with Gasteiger partial charge < -0.3 is 9.88 Å². The highest BCUT2D eigenvalue weighted by molar-refractivity contribution is 4.96. The summed E-state index contributed by atoms with van der Waals surface area (Å²) in [5, 5.41) is 3.62.